The quantitative estimate of drug-likeness (QED) is 0.605. The average molecular weight is 247 g/mol. The predicted molar refractivity (Wildman–Crippen MR) is 46.0 cm³/mol. The number of alkyl halides is 1. The van der Waals surface area contributed by atoms with Crippen LogP contribution in [0.1, 0.15) is 6.92 Å². The Kier molecular flexibility index (Phi) is 4.82. The topological polar surface area (TPSA) is 55.8 Å². The Bertz CT molecular complexity index is 161. The first kappa shape index (κ1) is 11.6. The van der Waals surface area contributed by atoms with E-state index >= 15 is 0 Å². The van der Waals surface area contributed by atoms with E-state index < -0.39 is 18.7 Å². The van der Waals surface area contributed by atoms with Gasteiger partial charge >= 0.3 is 7.60 Å². The molecule has 0 aromatic carbocycles. The summed E-state index contributed by atoms with van der Waals surface area (Å²) in [5, 5.41) is 8.28. The van der Waals surface area contributed by atoms with E-state index in [2.05, 4.69) is 20.5 Å². The van der Waals surface area contributed by atoms with Crippen molar-refractivity contribution in [2.75, 3.05) is 13.8 Å². The Morgan fingerprint density at radius 2 is 2.09 bits per heavy atom. The Hall–Kier alpha value is 0.590. The summed E-state index contributed by atoms with van der Waals surface area (Å²) in [6.07, 6.45) is -0.724. The van der Waals surface area contributed by atoms with E-state index in [9.17, 15) is 4.57 Å². The molecule has 3 atom stereocenters. The monoisotopic (exact) mass is 246 g/mol. The van der Waals surface area contributed by atoms with Crippen molar-refractivity contribution in [1.82, 2.24) is 0 Å². The van der Waals surface area contributed by atoms with Crippen molar-refractivity contribution in [3.63, 3.8) is 0 Å². The first-order valence-corrected chi connectivity index (χ1v) is 5.93. The molecule has 68 valence electrons. The number of aliphatic hydroxyl groups excluding tert-OH is 1. The third-order valence-corrected chi connectivity index (χ3v) is 3.52. The number of hydrogen-bond donors (Lipinski definition) is 1. The van der Waals surface area contributed by atoms with E-state index in [0.29, 0.717) is 0 Å². The van der Waals surface area contributed by atoms with Crippen LogP contribution in [0.25, 0.3) is 0 Å². The molecule has 0 radical (unpaired) electrons. The number of hydrogen-bond acceptors (Lipinski definition) is 4. The van der Waals surface area contributed by atoms with Gasteiger partial charge in [-0.25, -0.2) is 0 Å². The van der Waals surface area contributed by atoms with Crippen molar-refractivity contribution >= 4 is 23.5 Å². The van der Waals surface area contributed by atoms with Crippen molar-refractivity contribution in [3.05, 3.63) is 0 Å². The summed E-state index contributed by atoms with van der Waals surface area (Å²) in [6, 6.07) is 0. The van der Waals surface area contributed by atoms with Crippen LogP contribution in [0.5, 0.6) is 0 Å². The minimum atomic E-state index is -2.99. The van der Waals surface area contributed by atoms with E-state index in [1.807, 2.05) is 0 Å². The Morgan fingerprint density at radius 1 is 1.64 bits per heavy atom. The molecule has 0 bridgehead atoms. The zero-order chi connectivity index (χ0) is 9.07. The fraction of sp³-hybridized carbons (Fsp3) is 1.00. The Labute approximate surface area is 74.6 Å². The highest BCUT2D eigenvalue weighted by atomic mass is 79.9. The maximum atomic E-state index is 11.1. The SMILES string of the molecule is COP(C)(=O)OC(Br)C(C)O. The minimum Gasteiger partial charge on any atom is -0.390 e. The lowest BCUT2D eigenvalue weighted by atomic mass is 10.5. The van der Waals surface area contributed by atoms with Crippen molar-refractivity contribution in [2.45, 2.75) is 18.0 Å². The van der Waals surface area contributed by atoms with Gasteiger partial charge in [-0.05, 0) is 6.92 Å². The van der Waals surface area contributed by atoms with Gasteiger partial charge in [-0.3, -0.25) is 9.09 Å². The van der Waals surface area contributed by atoms with Crippen LogP contribution in [0.4, 0.5) is 0 Å². The second kappa shape index (κ2) is 4.58. The minimum absolute atomic E-state index is 0.654. The molecule has 0 heterocycles. The highest BCUT2D eigenvalue weighted by molar-refractivity contribution is 9.09. The molecule has 0 amide bonds. The highest BCUT2D eigenvalue weighted by Crippen LogP contribution is 2.45. The molecule has 0 rings (SSSR count). The van der Waals surface area contributed by atoms with E-state index in [1.54, 1.807) is 0 Å². The lowest BCUT2D eigenvalue weighted by Gasteiger charge is -2.17. The molecule has 6 heteroatoms. The number of aliphatic hydroxyl groups is 1. The summed E-state index contributed by atoms with van der Waals surface area (Å²) in [5.41, 5.74) is 0. The summed E-state index contributed by atoms with van der Waals surface area (Å²) in [5.74, 6) is 0. The van der Waals surface area contributed by atoms with Crippen LogP contribution in [-0.4, -0.2) is 30.0 Å². The summed E-state index contributed by atoms with van der Waals surface area (Å²) < 4.78 is 20.5. The van der Waals surface area contributed by atoms with Crippen LogP contribution in [-0.2, 0) is 13.6 Å². The first-order chi connectivity index (χ1) is 4.89. The third-order valence-electron chi connectivity index (χ3n) is 1.00. The standard InChI is InChI=1S/C5H12BrO4P/c1-4(7)5(6)10-11(3,8)9-2/h4-5,7H,1-3H3. The van der Waals surface area contributed by atoms with E-state index in [1.165, 1.54) is 20.7 Å². The zero-order valence-electron chi connectivity index (χ0n) is 6.65. The van der Waals surface area contributed by atoms with Gasteiger partial charge in [-0.1, -0.05) is 15.9 Å². The van der Waals surface area contributed by atoms with Gasteiger partial charge in [-0.15, -0.1) is 0 Å². The molecular weight excluding hydrogens is 235 g/mol. The normalized spacial score (nSPS) is 22.3. The van der Waals surface area contributed by atoms with Crippen molar-refractivity contribution < 1.29 is 18.7 Å². The molecule has 0 saturated carbocycles. The fourth-order valence-corrected chi connectivity index (χ4v) is 1.85. The van der Waals surface area contributed by atoms with Crippen LogP contribution in [0.3, 0.4) is 0 Å². The number of rotatable bonds is 4. The molecule has 1 N–H and O–H groups in total. The summed E-state index contributed by atoms with van der Waals surface area (Å²) in [7, 11) is -1.70. The molecular formula is C5H12BrO4P. The van der Waals surface area contributed by atoms with Gasteiger partial charge in [-0.2, -0.15) is 0 Å². The van der Waals surface area contributed by atoms with Gasteiger partial charge < -0.3 is 9.63 Å². The maximum absolute atomic E-state index is 11.1. The molecule has 0 aromatic rings. The third kappa shape index (κ3) is 4.93. The van der Waals surface area contributed by atoms with Crippen LogP contribution >= 0.6 is 23.5 Å². The van der Waals surface area contributed by atoms with Crippen LogP contribution in [0.15, 0.2) is 0 Å². The molecule has 0 aliphatic rings. The predicted octanol–water partition coefficient (Wildman–Crippen LogP) is 1.57. The Morgan fingerprint density at radius 3 is 2.36 bits per heavy atom. The summed E-state index contributed by atoms with van der Waals surface area (Å²) in [4.78, 5) is 0. The molecule has 4 nitrogen and oxygen atoms in total. The van der Waals surface area contributed by atoms with E-state index in [-0.39, 0.29) is 0 Å². The lowest BCUT2D eigenvalue weighted by molar-refractivity contribution is 0.0943. The van der Waals surface area contributed by atoms with Crippen LogP contribution in [0, 0.1) is 0 Å². The summed E-state index contributed by atoms with van der Waals surface area (Å²) >= 11 is 2.99. The Balaban J connectivity index is 3.94. The van der Waals surface area contributed by atoms with Crippen molar-refractivity contribution in [2.24, 2.45) is 0 Å². The molecule has 0 saturated heterocycles. The fourth-order valence-electron chi connectivity index (χ4n) is 0.314. The smallest absolute Gasteiger partial charge is 0.328 e. The van der Waals surface area contributed by atoms with Gasteiger partial charge in [0.05, 0.1) is 6.10 Å². The maximum Gasteiger partial charge on any atom is 0.328 e. The van der Waals surface area contributed by atoms with Crippen molar-refractivity contribution in [3.8, 4) is 0 Å². The van der Waals surface area contributed by atoms with Gasteiger partial charge in [0.15, 0.2) is 0 Å². The molecule has 3 unspecified atom stereocenters. The first-order valence-electron chi connectivity index (χ1n) is 3.03. The molecule has 0 aliphatic heterocycles. The summed E-state index contributed by atoms with van der Waals surface area (Å²) in [6.45, 7) is 2.86. The van der Waals surface area contributed by atoms with Gasteiger partial charge in [0.25, 0.3) is 0 Å². The largest absolute Gasteiger partial charge is 0.390 e. The molecule has 0 spiro atoms. The van der Waals surface area contributed by atoms with Gasteiger partial charge in [0.1, 0.15) is 5.01 Å². The van der Waals surface area contributed by atoms with Crippen LogP contribution < -0.4 is 0 Å². The highest BCUT2D eigenvalue weighted by Gasteiger charge is 2.22. The molecule has 11 heavy (non-hydrogen) atoms. The average Bonchev–Trinajstić information content (AvgIpc) is 1.87. The van der Waals surface area contributed by atoms with Gasteiger partial charge in [0, 0.05) is 13.8 Å². The van der Waals surface area contributed by atoms with E-state index in [4.69, 9.17) is 9.63 Å². The molecule has 0 aliphatic carbocycles. The molecule has 0 aromatic heterocycles. The lowest BCUT2D eigenvalue weighted by Crippen LogP contribution is -2.18. The van der Waals surface area contributed by atoms with E-state index in [0.717, 1.165) is 0 Å². The zero-order valence-corrected chi connectivity index (χ0v) is 9.13. The van der Waals surface area contributed by atoms with Crippen molar-refractivity contribution in [1.29, 1.82) is 0 Å². The molecule has 0 fully saturated rings. The number of halogens is 1. The van der Waals surface area contributed by atoms with Gasteiger partial charge in [0.2, 0.25) is 0 Å². The van der Waals surface area contributed by atoms with Crippen LogP contribution in [0.2, 0.25) is 0 Å². The second-order valence-electron chi connectivity index (χ2n) is 2.15. The second-order valence-corrected chi connectivity index (χ2v) is 5.17.